The monoisotopic (exact) mass is 532 g/mol. The summed E-state index contributed by atoms with van der Waals surface area (Å²) in [5.41, 5.74) is 4.44. The minimum Gasteiger partial charge on any atom is -0.464 e. The average molecular weight is 533 g/mol. The minimum atomic E-state index is -2.63. The van der Waals surface area contributed by atoms with Crippen LogP contribution in [-0.4, -0.2) is 42.4 Å². The van der Waals surface area contributed by atoms with E-state index in [1.165, 1.54) is 16.7 Å². The Morgan fingerprint density at radius 1 is 1.03 bits per heavy atom. The fraction of sp³-hybridized carbons (Fsp3) is 0.545. The molecule has 7 rings (SSSR count). The lowest BCUT2D eigenvalue weighted by molar-refractivity contribution is -0.145. The van der Waals surface area contributed by atoms with Gasteiger partial charge in [-0.15, -0.1) is 0 Å². The van der Waals surface area contributed by atoms with Crippen molar-refractivity contribution in [2.24, 2.45) is 11.8 Å². The van der Waals surface area contributed by atoms with Crippen molar-refractivity contribution in [3.63, 3.8) is 0 Å². The molecule has 0 bridgehead atoms. The van der Waals surface area contributed by atoms with Crippen LogP contribution in [0, 0.1) is 11.8 Å². The maximum Gasteiger partial charge on any atom is 0.248 e. The van der Waals surface area contributed by atoms with Gasteiger partial charge < -0.3 is 14.6 Å². The summed E-state index contributed by atoms with van der Waals surface area (Å²) in [5, 5.41) is 4.69. The number of rotatable bonds is 3. The first-order chi connectivity index (χ1) is 19.0. The molecule has 1 N–H and O–H groups in total. The van der Waals surface area contributed by atoms with E-state index in [4.69, 9.17) is 4.42 Å². The van der Waals surface area contributed by atoms with Gasteiger partial charge in [-0.1, -0.05) is 42.5 Å². The van der Waals surface area contributed by atoms with Crippen LogP contribution in [0.1, 0.15) is 74.0 Å². The molecule has 1 spiro atoms. The number of halogens is 2. The van der Waals surface area contributed by atoms with Crippen molar-refractivity contribution in [2.45, 2.75) is 81.1 Å². The molecular formula is C33H38F2N2O2. The van der Waals surface area contributed by atoms with Crippen LogP contribution < -0.4 is 5.32 Å². The number of hydrogen-bond acceptors (Lipinski definition) is 3. The van der Waals surface area contributed by atoms with Gasteiger partial charge in [0.25, 0.3) is 0 Å². The van der Waals surface area contributed by atoms with Crippen molar-refractivity contribution in [3.8, 4) is 0 Å². The fourth-order valence-corrected chi connectivity index (χ4v) is 8.63. The number of nitrogens with zero attached hydrogens (tertiary/aromatic N) is 1. The van der Waals surface area contributed by atoms with Gasteiger partial charge in [-0.2, -0.15) is 0 Å². The Morgan fingerprint density at radius 3 is 2.74 bits per heavy atom. The highest BCUT2D eigenvalue weighted by molar-refractivity contribution is 5.85. The molecule has 2 aromatic carbocycles. The molecule has 1 aromatic heterocycles. The topological polar surface area (TPSA) is 45.5 Å². The maximum absolute atomic E-state index is 14.7. The van der Waals surface area contributed by atoms with Crippen LogP contribution in [0.3, 0.4) is 0 Å². The molecule has 0 radical (unpaired) electrons. The summed E-state index contributed by atoms with van der Waals surface area (Å²) in [6, 6.07) is 16.7. The summed E-state index contributed by atoms with van der Waals surface area (Å²) in [7, 11) is 0. The second kappa shape index (κ2) is 9.72. The Morgan fingerprint density at radius 2 is 1.90 bits per heavy atom. The molecule has 1 amide bonds. The van der Waals surface area contributed by atoms with E-state index in [-0.39, 0.29) is 42.0 Å². The first-order valence-electron chi connectivity index (χ1n) is 14.9. The van der Waals surface area contributed by atoms with Gasteiger partial charge in [0.2, 0.25) is 11.8 Å². The third kappa shape index (κ3) is 4.30. The molecular weight excluding hydrogens is 494 g/mol. The Balaban J connectivity index is 1.23. The van der Waals surface area contributed by atoms with Crippen LogP contribution >= 0.6 is 0 Å². The van der Waals surface area contributed by atoms with Crippen molar-refractivity contribution < 1.29 is 18.0 Å². The van der Waals surface area contributed by atoms with E-state index in [0.29, 0.717) is 25.4 Å². The van der Waals surface area contributed by atoms with Gasteiger partial charge in [0.15, 0.2) is 0 Å². The molecule has 1 unspecified atom stereocenters. The smallest absolute Gasteiger partial charge is 0.248 e. The number of amides is 1. The zero-order valence-electron chi connectivity index (χ0n) is 22.5. The summed E-state index contributed by atoms with van der Waals surface area (Å²) in [6.45, 7) is 2.05. The highest BCUT2D eigenvalue weighted by Gasteiger charge is 2.53. The lowest BCUT2D eigenvalue weighted by Crippen LogP contribution is -2.55. The number of hydrogen-bond donors (Lipinski definition) is 1. The number of benzene rings is 2. The van der Waals surface area contributed by atoms with Gasteiger partial charge in [0, 0.05) is 49.3 Å². The number of furan rings is 1. The second-order valence-corrected chi connectivity index (χ2v) is 12.6. The Bertz CT molecular complexity index is 1350. The van der Waals surface area contributed by atoms with Crippen molar-refractivity contribution in [3.05, 3.63) is 71.5 Å². The number of carbonyl (C=O) groups is 1. The molecule has 3 fully saturated rings. The third-order valence-corrected chi connectivity index (χ3v) is 10.5. The van der Waals surface area contributed by atoms with Crippen molar-refractivity contribution in [1.82, 2.24) is 10.2 Å². The van der Waals surface area contributed by atoms with Gasteiger partial charge in [-0.25, -0.2) is 8.78 Å². The van der Waals surface area contributed by atoms with E-state index < -0.39 is 5.92 Å². The Kier molecular flexibility index (Phi) is 6.30. The standard InChI is InChI=1S/C33H38F2N2O2/c34-33(35)15-4-8-25(19-33)29-18-24(22-6-2-1-3-7-22)12-16-37(29)31(38)28-20-36-21-32(28)14-5-9-26-27(32)11-10-23-13-17-39-30(23)26/h1-3,6-7,10-11,13,17,24-25,28-29,36H,4-5,8-9,12,14-16,18-21H2/t24-,25?,28+,29+,32+/m1/s1. The quantitative estimate of drug-likeness (QED) is 0.402. The Hall–Kier alpha value is -2.73. The van der Waals surface area contributed by atoms with E-state index >= 15 is 0 Å². The first-order valence-corrected chi connectivity index (χ1v) is 14.9. The van der Waals surface area contributed by atoms with Gasteiger partial charge >= 0.3 is 0 Å². The maximum atomic E-state index is 14.7. The summed E-state index contributed by atoms with van der Waals surface area (Å²) in [6.07, 6.45) is 7.53. The molecule has 2 aliphatic carbocycles. The van der Waals surface area contributed by atoms with Gasteiger partial charge in [-0.05, 0) is 79.5 Å². The van der Waals surface area contributed by atoms with Crippen molar-refractivity contribution >= 4 is 16.9 Å². The highest BCUT2D eigenvalue weighted by Crippen LogP contribution is 2.49. The predicted molar refractivity (Wildman–Crippen MR) is 148 cm³/mol. The number of piperidine rings is 1. The van der Waals surface area contributed by atoms with Crippen LogP contribution in [0.4, 0.5) is 8.78 Å². The molecule has 2 aliphatic heterocycles. The van der Waals surface area contributed by atoms with Crippen LogP contribution in [0.5, 0.6) is 0 Å². The summed E-state index contributed by atoms with van der Waals surface area (Å²) < 4.78 is 35.3. The summed E-state index contributed by atoms with van der Waals surface area (Å²) >= 11 is 0. The van der Waals surface area contributed by atoms with Crippen LogP contribution in [-0.2, 0) is 16.6 Å². The molecule has 4 nitrogen and oxygen atoms in total. The van der Waals surface area contributed by atoms with E-state index in [1.54, 1.807) is 6.26 Å². The van der Waals surface area contributed by atoms with Gasteiger partial charge in [0.05, 0.1) is 12.2 Å². The molecule has 39 heavy (non-hydrogen) atoms. The molecule has 5 atom stereocenters. The SMILES string of the molecule is O=C([C@@H]1CNC[C@]12CCCc1c2ccc2ccoc12)N1CC[C@@H](c2ccccc2)C[C@H]1C1CCCC(F)(F)C1. The number of alkyl halides is 2. The molecule has 3 heterocycles. The zero-order valence-corrected chi connectivity index (χ0v) is 22.5. The van der Waals surface area contributed by atoms with Crippen LogP contribution in [0.25, 0.3) is 11.0 Å². The summed E-state index contributed by atoms with van der Waals surface area (Å²) in [4.78, 5) is 16.7. The lowest BCUT2D eigenvalue weighted by Gasteiger charge is -2.48. The van der Waals surface area contributed by atoms with E-state index in [9.17, 15) is 13.6 Å². The lowest BCUT2D eigenvalue weighted by atomic mass is 9.63. The average Bonchev–Trinajstić information content (AvgIpc) is 3.60. The number of aryl methyl sites for hydroxylation is 1. The number of fused-ring (bicyclic) bond motifs is 4. The molecule has 2 saturated heterocycles. The largest absolute Gasteiger partial charge is 0.464 e. The molecule has 3 aromatic rings. The van der Waals surface area contributed by atoms with Crippen molar-refractivity contribution in [2.75, 3.05) is 19.6 Å². The van der Waals surface area contributed by atoms with Crippen molar-refractivity contribution in [1.29, 1.82) is 0 Å². The molecule has 6 heteroatoms. The summed E-state index contributed by atoms with van der Waals surface area (Å²) in [5.74, 6) is -2.52. The van der Waals surface area contributed by atoms with E-state index in [1.807, 2.05) is 12.1 Å². The minimum absolute atomic E-state index is 0.0278. The number of carbonyl (C=O) groups excluding carboxylic acids is 1. The number of nitrogens with one attached hydrogen (secondary N) is 1. The van der Waals surface area contributed by atoms with E-state index in [0.717, 1.165) is 56.0 Å². The van der Waals surface area contributed by atoms with E-state index in [2.05, 4.69) is 46.6 Å². The Labute approximate surface area is 229 Å². The van der Waals surface area contributed by atoms with Crippen LogP contribution in [0.15, 0.2) is 59.2 Å². The second-order valence-electron chi connectivity index (χ2n) is 12.6. The van der Waals surface area contributed by atoms with Gasteiger partial charge in [0.1, 0.15) is 5.58 Å². The van der Waals surface area contributed by atoms with Gasteiger partial charge in [-0.3, -0.25) is 4.79 Å². The normalized spacial score (nSPS) is 32.4. The fourth-order valence-electron chi connectivity index (χ4n) is 8.63. The molecule has 206 valence electrons. The third-order valence-electron chi connectivity index (χ3n) is 10.5. The van der Waals surface area contributed by atoms with Crippen LogP contribution in [0.2, 0.25) is 0 Å². The highest BCUT2D eigenvalue weighted by atomic mass is 19.3. The molecule has 4 aliphatic rings. The first kappa shape index (κ1) is 25.3. The number of likely N-dealkylation sites (tertiary alicyclic amines) is 1. The zero-order chi connectivity index (χ0) is 26.6. The predicted octanol–water partition coefficient (Wildman–Crippen LogP) is 6.83. The molecule has 1 saturated carbocycles.